The summed E-state index contributed by atoms with van der Waals surface area (Å²) in [7, 11) is 0. The zero-order chi connectivity index (χ0) is 12.8. The van der Waals surface area contributed by atoms with E-state index in [1.54, 1.807) is 0 Å². The fourth-order valence-corrected chi connectivity index (χ4v) is 2.27. The van der Waals surface area contributed by atoms with E-state index in [9.17, 15) is 0 Å². The Kier molecular flexibility index (Phi) is 5.20. The van der Waals surface area contributed by atoms with Crippen LogP contribution in [0.4, 0.5) is 0 Å². The van der Waals surface area contributed by atoms with Crippen LogP contribution in [0, 0.1) is 5.92 Å². The minimum atomic E-state index is 0.468. The van der Waals surface area contributed by atoms with Gasteiger partial charge in [-0.15, -0.1) is 0 Å². The number of ether oxygens (including phenoxy) is 1. The first kappa shape index (κ1) is 13.6. The molecule has 2 rings (SSSR count). The van der Waals surface area contributed by atoms with Gasteiger partial charge in [-0.25, -0.2) is 4.98 Å². The van der Waals surface area contributed by atoms with Gasteiger partial charge in [-0.2, -0.15) is 0 Å². The second kappa shape index (κ2) is 6.90. The highest BCUT2D eigenvalue weighted by atomic mass is 16.5. The average molecular weight is 251 g/mol. The van der Waals surface area contributed by atoms with E-state index in [0.717, 1.165) is 38.4 Å². The molecule has 0 aromatic carbocycles. The molecule has 1 N–H and O–H groups in total. The molecule has 1 fully saturated rings. The highest BCUT2D eigenvalue weighted by molar-refractivity contribution is 4.96. The van der Waals surface area contributed by atoms with Crippen molar-refractivity contribution in [1.29, 1.82) is 0 Å². The molecular weight excluding hydrogens is 226 g/mol. The van der Waals surface area contributed by atoms with Crippen molar-refractivity contribution in [3.05, 3.63) is 18.2 Å². The fourth-order valence-electron chi connectivity index (χ4n) is 2.27. The summed E-state index contributed by atoms with van der Waals surface area (Å²) in [6.07, 6.45) is 8.09. The molecule has 1 aromatic heterocycles. The topological polar surface area (TPSA) is 39.1 Å². The summed E-state index contributed by atoms with van der Waals surface area (Å²) in [5, 5.41) is 3.41. The van der Waals surface area contributed by atoms with Crippen LogP contribution in [-0.2, 0) is 17.8 Å². The quantitative estimate of drug-likeness (QED) is 0.807. The summed E-state index contributed by atoms with van der Waals surface area (Å²) in [4.78, 5) is 4.42. The lowest BCUT2D eigenvalue weighted by molar-refractivity contribution is 0.100. The lowest BCUT2D eigenvalue weighted by atomic mass is 10.2. The van der Waals surface area contributed by atoms with E-state index in [1.165, 1.54) is 12.8 Å². The number of nitrogens with one attached hydrogen (secondary N) is 1. The number of aromatic nitrogens is 2. The van der Waals surface area contributed by atoms with Crippen molar-refractivity contribution in [2.75, 3.05) is 13.2 Å². The minimum Gasteiger partial charge on any atom is -0.378 e. The standard InChI is InChI=1S/C14H25N3O/c1-12(2)8-15-9-13-10-17(11-16-13)6-5-14-4-3-7-18-14/h10-12,14-15H,3-9H2,1-2H3. The van der Waals surface area contributed by atoms with Gasteiger partial charge in [-0.3, -0.25) is 0 Å². The van der Waals surface area contributed by atoms with Gasteiger partial charge >= 0.3 is 0 Å². The zero-order valence-electron chi connectivity index (χ0n) is 11.6. The van der Waals surface area contributed by atoms with Crippen molar-refractivity contribution in [2.45, 2.75) is 52.3 Å². The number of hydrogen-bond donors (Lipinski definition) is 1. The van der Waals surface area contributed by atoms with Crippen molar-refractivity contribution in [2.24, 2.45) is 5.92 Å². The summed E-state index contributed by atoms with van der Waals surface area (Å²) < 4.78 is 7.80. The van der Waals surface area contributed by atoms with Crippen LogP contribution in [0.15, 0.2) is 12.5 Å². The molecule has 1 aromatic rings. The van der Waals surface area contributed by atoms with Crippen LogP contribution >= 0.6 is 0 Å². The second-order valence-electron chi connectivity index (χ2n) is 5.55. The van der Waals surface area contributed by atoms with Crippen molar-refractivity contribution >= 4 is 0 Å². The Labute approximate surface area is 110 Å². The van der Waals surface area contributed by atoms with Gasteiger partial charge in [0, 0.05) is 25.9 Å². The van der Waals surface area contributed by atoms with E-state index in [1.807, 2.05) is 6.33 Å². The Bertz CT molecular complexity index is 343. The van der Waals surface area contributed by atoms with Gasteiger partial charge in [0.25, 0.3) is 0 Å². The summed E-state index contributed by atoms with van der Waals surface area (Å²) >= 11 is 0. The molecule has 102 valence electrons. The number of aryl methyl sites for hydroxylation is 1. The Morgan fingerprint density at radius 1 is 1.56 bits per heavy atom. The first-order chi connectivity index (χ1) is 8.74. The van der Waals surface area contributed by atoms with E-state index in [0.29, 0.717) is 12.0 Å². The smallest absolute Gasteiger partial charge is 0.0949 e. The molecule has 1 atom stereocenters. The van der Waals surface area contributed by atoms with E-state index in [-0.39, 0.29) is 0 Å². The molecule has 4 heteroatoms. The maximum atomic E-state index is 5.63. The van der Waals surface area contributed by atoms with Gasteiger partial charge in [0.2, 0.25) is 0 Å². The molecule has 0 bridgehead atoms. The lowest BCUT2D eigenvalue weighted by Gasteiger charge is -2.09. The first-order valence-corrected chi connectivity index (χ1v) is 7.07. The van der Waals surface area contributed by atoms with Crippen molar-refractivity contribution in [3.63, 3.8) is 0 Å². The van der Waals surface area contributed by atoms with Crippen LogP contribution in [0.5, 0.6) is 0 Å². The van der Waals surface area contributed by atoms with Crippen LogP contribution < -0.4 is 5.32 Å². The minimum absolute atomic E-state index is 0.468. The normalized spacial score (nSPS) is 19.8. The SMILES string of the molecule is CC(C)CNCc1cn(CCC2CCCO2)cn1. The second-order valence-corrected chi connectivity index (χ2v) is 5.55. The van der Waals surface area contributed by atoms with Gasteiger partial charge in [-0.05, 0) is 31.7 Å². The van der Waals surface area contributed by atoms with Crippen LogP contribution in [0.1, 0.15) is 38.8 Å². The third-order valence-corrected chi connectivity index (χ3v) is 3.28. The van der Waals surface area contributed by atoms with Crippen molar-refractivity contribution < 1.29 is 4.74 Å². The first-order valence-electron chi connectivity index (χ1n) is 7.07. The molecule has 1 aliphatic heterocycles. The number of hydrogen-bond acceptors (Lipinski definition) is 3. The zero-order valence-corrected chi connectivity index (χ0v) is 11.6. The molecule has 1 aliphatic rings. The molecule has 1 saturated heterocycles. The van der Waals surface area contributed by atoms with E-state index in [4.69, 9.17) is 4.74 Å². The van der Waals surface area contributed by atoms with E-state index in [2.05, 4.69) is 34.9 Å². The van der Waals surface area contributed by atoms with Crippen LogP contribution in [-0.4, -0.2) is 28.8 Å². The number of rotatable bonds is 7. The Morgan fingerprint density at radius 3 is 3.17 bits per heavy atom. The van der Waals surface area contributed by atoms with Gasteiger partial charge in [0.1, 0.15) is 0 Å². The molecule has 0 radical (unpaired) electrons. The molecular formula is C14H25N3O. The third kappa shape index (κ3) is 4.42. The van der Waals surface area contributed by atoms with Crippen molar-refractivity contribution in [1.82, 2.24) is 14.9 Å². The highest BCUT2D eigenvalue weighted by Gasteiger charge is 2.14. The van der Waals surface area contributed by atoms with Gasteiger partial charge < -0.3 is 14.6 Å². The average Bonchev–Trinajstić information content (AvgIpc) is 2.96. The molecule has 1 unspecified atom stereocenters. The summed E-state index contributed by atoms with van der Waals surface area (Å²) in [6, 6.07) is 0. The van der Waals surface area contributed by atoms with Crippen LogP contribution in [0.3, 0.4) is 0 Å². The molecule has 0 aliphatic carbocycles. The largest absolute Gasteiger partial charge is 0.378 e. The molecule has 0 amide bonds. The molecule has 0 spiro atoms. The van der Waals surface area contributed by atoms with Crippen LogP contribution in [0.2, 0.25) is 0 Å². The van der Waals surface area contributed by atoms with Crippen LogP contribution in [0.25, 0.3) is 0 Å². The monoisotopic (exact) mass is 251 g/mol. The Hall–Kier alpha value is -0.870. The van der Waals surface area contributed by atoms with Gasteiger partial charge in [0.15, 0.2) is 0 Å². The third-order valence-electron chi connectivity index (χ3n) is 3.28. The molecule has 2 heterocycles. The maximum absolute atomic E-state index is 5.63. The molecule has 4 nitrogen and oxygen atoms in total. The predicted octanol–water partition coefficient (Wildman–Crippen LogP) is 2.20. The van der Waals surface area contributed by atoms with E-state index >= 15 is 0 Å². The number of nitrogens with zero attached hydrogens (tertiary/aromatic N) is 2. The fraction of sp³-hybridized carbons (Fsp3) is 0.786. The van der Waals surface area contributed by atoms with Gasteiger partial charge in [-0.1, -0.05) is 13.8 Å². The molecule has 18 heavy (non-hydrogen) atoms. The molecule has 0 saturated carbocycles. The predicted molar refractivity (Wildman–Crippen MR) is 72.4 cm³/mol. The highest BCUT2D eigenvalue weighted by Crippen LogP contribution is 2.16. The van der Waals surface area contributed by atoms with E-state index < -0.39 is 0 Å². The lowest BCUT2D eigenvalue weighted by Crippen LogP contribution is -2.19. The van der Waals surface area contributed by atoms with Crippen molar-refractivity contribution in [3.8, 4) is 0 Å². The summed E-state index contributed by atoms with van der Waals surface area (Å²) in [5.41, 5.74) is 1.13. The summed E-state index contributed by atoms with van der Waals surface area (Å²) in [6.45, 7) is 8.30. The maximum Gasteiger partial charge on any atom is 0.0949 e. The Morgan fingerprint density at radius 2 is 2.44 bits per heavy atom. The summed E-state index contributed by atoms with van der Waals surface area (Å²) in [5.74, 6) is 0.687. The number of imidazole rings is 1. The van der Waals surface area contributed by atoms with Gasteiger partial charge in [0.05, 0.1) is 18.1 Å². The Balaban J connectivity index is 1.68.